The molecule has 0 aromatic heterocycles. The summed E-state index contributed by atoms with van der Waals surface area (Å²) in [6.45, 7) is -0.342. The number of benzene rings is 2. The van der Waals surface area contributed by atoms with Crippen molar-refractivity contribution in [1.82, 2.24) is 5.32 Å². The number of urea groups is 1. The number of methoxy groups -OCH3 is 1. The third kappa shape index (κ3) is 4.40. The summed E-state index contributed by atoms with van der Waals surface area (Å²) in [6, 6.07) is 8.19. The Labute approximate surface area is 131 Å². The molecule has 0 saturated carbocycles. The van der Waals surface area contributed by atoms with Crippen LogP contribution in [0.4, 0.5) is 19.3 Å². The topological polar surface area (TPSA) is 70.6 Å². The Morgan fingerprint density at radius 3 is 2.48 bits per heavy atom. The van der Waals surface area contributed by atoms with Crippen molar-refractivity contribution in [3.63, 3.8) is 0 Å². The van der Waals surface area contributed by atoms with Crippen LogP contribution in [0.1, 0.15) is 11.6 Å². The van der Waals surface area contributed by atoms with Gasteiger partial charge in [-0.05, 0) is 29.8 Å². The number of anilines is 1. The van der Waals surface area contributed by atoms with E-state index < -0.39 is 23.7 Å². The average Bonchev–Trinajstić information content (AvgIpc) is 2.55. The number of hydrogen-bond donors (Lipinski definition) is 3. The summed E-state index contributed by atoms with van der Waals surface area (Å²) in [6.07, 6.45) is 0. The standard InChI is InChI=1S/C16H16F2N2O3/c1-23-12-5-2-10(3-6-12)15(9-21)20-16(22)19-14-7-4-11(17)8-13(14)18/h2-8,15,21H,9H2,1H3,(H2,19,20,22)/t15-/m0/s1. The van der Waals surface area contributed by atoms with Crippen molar-refractivity contribution >= 4 is 11.7 Å². The highest BCUT2D eigenvalue weighted by molar-refractivity contribution is 5.89. The van der Waals surface area contributed by atoms with Gasteiger partial charge in [0.25, 0.3) is 0 Å². The van der Waals surface area contributed by atoms with Crippen molar-refractivity contribution in [1.29, 1.82) is 0 Å². The Balaban J connectivity index is 2.04. The third-order valence-corrected chi connectivity index (χ3v) is 3.19. The average molecular weight is 322 g/mol. The van der Waals surface area contributed by atoms with Gasteiger partial charge in [-0.25, -0.2) is 13.6 Å². The smallest absolute Gasteiger partial charge is 0.319 e. The van der Waals surface area contributed by atoms with Crippen molar-refractivity contribution in [2.45, 2.75) is 6.04 Å². The second-order valence-corrected chi connectivity index (χ2v) is 4.73. The quantitative estimate of drug-likeness (QED) is 0.793. The number of nitrogens with one attached hydrogen (secondary N) is 2. The second-order valence-electron chi connectivity index (χ2n) is 4.73. The van der Waals surface area contributed by atoms with Gasteiger partial charge in [-0.1, -0.05) is 12.1 Å². The molecular weight excluding hydrogens is 306 g/mol. The molecule has 2 amide bonds. The van der Waals surface area contributed by atoms with Crippen LogP contribution in [0, 0.1) is 11.6 Å². The fraction of sp³-hybridized carbons (Fsp3) is 0.188. The molecule has 2 rings (SSSR count). The summed E-state index contributed by atoms with van der Waals surface area (Å²) >= 11 is 0. The lowest BCUT2D eigenvalue weighted by Crippen LogP contribution is -2.34. The van der Waals surface area contributed by atoms with E-state index in [-0.39, 0.29) is 12.3 Å². The first kappa shape index (κ1) is 16.7. The Morgan fingerprint density at radius 2 is 1.91 bits per heavy atom. The van der Waals surface area contributed by atoms with Gasteiger partial charge in [0.2, 0.25) is 0 Å². The zero-order chi connectivity index (χ0) is 16.8. The Morgan fingerprint density at radius 1 is 1.22 bits per heavy atom. The molecule has 2 aromatic rings. The number of rotatable bonds is 5. The molecule has 0 heterocycles. The maximum atomic E-state index is 13.5. The molecule has 2 aromatic carbocycles. The van der Waals surface area contributed by atoms with Gasteiger partial charge in [-0.15, -0.1) is 0 Å². The molecule has 0 fully saturated rings. The minimum Gasteiger partial charge on any atom is -0.497 e. The minimum absolute atomic E-state index is 0.157. The molecule has 0 radical (unpaired) electrons. The van der Waals surface area contributed by atoms with Gasteiger partial charge in [0.1, 0.15) is 17.4 Å². The number of halogens is 2. The Bertz CT molecular complexity index is 678. The first-order valence-corrected chi connectivity index (χ1v) is 6.81. The van der Waals surface area contributed by atoms with E-state index in [1.807, 2.05) is 0 Å². The third-order valence-electron chi connectivity index (χ3n) is 3.19. The van der Waals surface area contributed by atoms with Crippen LogP contribution in [0.5, 0.6) is 5.75 Å². The molecule has 0 aliphatic carbocycles. The second kappa shape index (κ2) is 7.55. The number of aliphatic hydroxyl groups is 1. The van der Waals surface area contributed by atoms with Gasteiger partial charge in [-0.2, -0.15) is 0 Å². The van der Waals surface area contributed by atoms with Crippen LogP contribution < -0.4 is 15.4 Å². The SMILES string of the molecule is COc1ccc([C@H](CO)NC(=O)Nc2ccc(F)cc2F)cc1. The van der Waals surface area contributed by atoms with Gasteiger partial charge in [0.05, 0.1) is 25.4 Å². The van der Waals surface area contributed by atoms with E-state index in [0.29, 0.717) is 17.4 Å². The minimum atomic E-state index is -0.884. The molecule has 0 spiro atoms. The first-order valence-electron chi connectivity index (χ1n) is 6.81. The number of amides is 2. The highest BCUT2D eigenvalue weighted by Gasteiger charge is 2.15. The molecule has 5 nitrogen and oxygen atoms in total. The summed E-state index contributed by atoms with van der Waals surface area (Å²) in [5.74, 6) is -0.978. The highest BCUT2D eigenvalue weighted by Crippen LogP contribution is 2.18. The fourth-order valence-corrected chi connectivity index (χ4v) is 1.98. The Kier molecular flexibility index (Phi) is 5.48. The lowest BCUT2D eigenvalue weighted by Gasteiger charge is -2.17. The maximum Gasteiger partial charge on any atom is 0.319 e. The summed E-state index contributed by atoms with van der Waals surface area (Å²) in [4.78, 5) is 11.9. The number of hydrogen-bond acceptors (Lipinski definition) is 3. The van der Waals surface area contributed by atoms with E-state index >= 15 is 0 Å². The van der Waals surface area contributed by atoms with Gasteiger partial charge >= 0.3 is 6.03 Å². The van der Waals surface area contributed by atoms with Crippen LogP contribution >= 0.6 is 0 Å². The number of carbonyl (C=O) groups excluding carboxylic acids is 1. The molecular formula is C16H16F2N2O3. The van der Waals surface area contributed by atoms with Crippen LogP contribution in [0.25, 0.3) is 0 Å². The van der Waals surface area contributed by atoms with Gasteiger partial charge in [-0.3, -0.25) is 0 Å². The van der Waals surface area contributed by atoms with E-state index in [0.717, 1.165) is 12.1 Å². The molecule has 0 aliphatic heterocycles. The lowest BCUT2D eigenvalue weighted by atomic mass is 10.1. The lowest BCUT2D eigenvalue weighted by molar-refractivity contribution is 0.225. The monoisotopic (exact) mass is 322 g/mol. The predicted octanol–water partition coefficient (Wildman–Crippen LogP) is 2.83. The zero-order valence-electron chi connectivity index (χ0n) is 12.3. The highest BCUT2D eigenvalue weighted by atomic mass is 19.1. The van der Waals surface area contributed by atoms with Crippen LogP contribution in [-0.2, 0) is 0 Å². The molecule has 0 aliphatic rings. The summed E-state index contributed by atoms with van der Waals surface area (Å²) in [7, 11) is 1.53. The first-order chi connectivity index (χ1) is 11.0. The van der Waals surface area contributed by atoms with E-state index in [9.17, 15) is 18.7 Å². The summed E-state index contributed by atoms with van der Waals surface area (Å²) in [5.41, 5.74) is 0.498. The normalized spacial score (nSPS) is 11.7. The Hall–Kier alpha value is -2.67. The summed E-state index contributed by atoms with van der Waals surface area (Å²) in [5, 5.41) is 14.2. The maximum absolute atomic E-state index is 13.5. The van der Waals surface area contributed by atoms with Crippen molar-refractivity contribution in [2.24, 2.45) is 0 Å². The van der Waals surface area contributed by atoms with Crippen molar-refractivity contribution < 1.29 is 23.4 Å². The molecule has 3 N–H and O–H groups in total. The zero-order valence-corrected chi connectivity index (χ0v) is 12.3. The van der Waals surface area contributed by atoms with E-state index in [1.165, 1.54) is 7.11 Å². The summed E-state index contributed by atoms with van der Waals surface area (Å²) < 4.78 is 31.3. The van der Waals surface area contributed by atoms with Crippen molar-refractivity contribution in [2.75, 3.05) is 19.0 Å². The van der Waals surface area contributed by atoms with Crippen molar-refractivity contribution in [3.05, 3.63) is 59.7 Å². The van der Waals surface area contributed by atoms with Crippen LogP contribution in [-0.4, -0.2) is 24.9 Å². The van der Waals surface area contributed by atoms with Gasteiger partial charge in [0, 0.05) is 6.07 Å². The van der Waals surface area contributed by atoms with E-state index in [1.54, 1.807) is 24.3 Å². The van der Waals surface area contributed by atoms with Gasteiger partial charge < -0.3 is 20.5 Å². The molecule has 7 heteroatoms. The molecule has 0 saturated heterocycles. The van der Waals surface area contributed by atoms with E-state index in [2.05, 4.69) is 10.6 Å². The van der Waals surface area contributed by atoms with Crippen LogP contribution in [0.3, 0.4) is 0 Å². The number of aliphatic hydroxyl groups excluding tert-OH is 1. The van der Waals surface area contributed by atoms with E-state index in [4.69, 9.17) is 4.74 Å². The van der Waals surface area contributed by atoms with Gasteiger partial charge in [0.15, 0.2) is 0 Å². The predicted molar refractivity (Wildman–Crippen MR) is 81.3 cm³/mol. The fourth-order valence-electron chi connectivity index (χ4n) is 1.98. The molecule has 23 heavy (non-hydrogen) atoms. The number of carbonyl (C=O) groups is 1. The van der Waals surface area contributed by atoms with Crippen LogP contribution in [0.15, 0.2) is 42.5 Å². The molecule has 0 bridgehead atoms. The molecule has 122 valence electrons. The number of ether oxygens (including phenoxy) is 1. The molecule has 1 atom stereocenters. The molecule has 0 unspecified atom stereocenters. The largest absolute Gasteiger partial charge is 0.497 e. The van der Waals surface area contributed by atoms with Crippen molar-refractivity contribution in [3.8, 4) is 5.75 Å². The van der Waals surface area contributed by atoms with Crippen LogP contribution in [0.2, 0.25) is 0 Å².